The lowest BCUT2D eigenvalue weighted by Crippen LogP contribution is -2.42. The Labute approximate surface area is 208 Å². The SMILES string of the molecule is COc1ccc2c(Cl)cc(NC3CCCC[C@H]3Nc3cc(Cl)c4ccc(OC)cc4n3)nc2c1. The van der Waals surface area contributed by atoms with Crippen LogP contribution in [-0.4, -0.2) is 36.3 Å². The molecule has 1 saturated carbocycles. The summed E-state index contributed by atoms with van der Waals surface area (Å²) in [7, 11) is 3.29. The summed E-state index contributed by atoms with van der Waals surface area (Å²) in [5.74, 6) is 3.00. The van der Waals surface area contributed by atoms with Crippen LogP contribution in [0.4, 0.5) is 11.6 Å². The minimum atomic E-state index is 0.168. The molecule has 8 heteroatoms. The highest BCUT2D eigenvalue weighted by molar-refractivity contribution is 6.36. The predicted octanol–water partition coefficient (Wildman–Crippen LogP) is 6.94. The third-order valence-corrected chi connectivity index (χ3v) is 6.99. The van der Waals surface area contributed by atoms with Crippen molar-refractivity contribution in [2.75, 3.05) is 24.9 Å². The molecule has 1 aliphatic carbocycles. The molecule has 176 valence electrons. The molecule has 2 aromatic heterocycles. The maximum absolute atomic E-state index is 6.57. The molecule has 0 saturated heterocycles. The molecule has 0 radical (unpaired) electrons. The average molecular weight is 497 g/mol. The van der Waals surface area contributed by atoms with Crippen molar-refractivity contribution in [1.29, 1.82) is 0 Å². The zero-order chi connectivity index (χ0) is 23.7. The van der Waals surface area contributed by atoms with Crippen molar-refractivity contribution < 1.29 is 9.47 Å². The minimum absolute atomic E-state index is 0.168. The number of fused-ring (bicyclic) bond motifs is 2. The fourth-order valence-corrected chi connectivity index (χ4v) is 5.12. The average Bonchev–Trinajstić information content (AvgIpc) is 2.84. The molecule has 34 heavy (non-hydrogen) atoms. The van der Waals surface area contributed by atoms with Gasteiger partial charge < -0.3 is 20.1 Å². The van der Waals surface area contributed by atoms with Crippen molar-refractivity contribution in [1.82, 2.24) is 9.97 Å². The molecule has 2 atom stereocenters. The van der Waals surface area contributed by atoms with Crippen LogP contribution < -0.4 is 20.1 Å². The molecule has 0 spiro atoms. The molecule has 1 aliphatic rings. The van der Waals surface area contributed by atoms with Crippen molar-refractivity contribution in [2.45, 2.75) is 37.8 Å². The van der Waals surface area contributed by atoms with E-state index in [9.17, 15) is 0 Å². The molecule has 2 heterocycles. The third-order valence-electron chi connectivity index (χ3n) is 6.37. The minimum Gasteiger partial charge on any atom is -0.497 e. The van der Waals surface area contributed by atoms with Crippen LogP contribution in [0.1, 0.15) is 25.7 Å². The molecular weight excluding hydrogens is 471 g/mol. The monoisotopic (exact) mass is 496 g/mol. The molecule has 1 unspecified atom stereocenters. The second kappa shape index (κ2) is 9.72. The molecule has 0 aliphatic heterocycles. The second-order valence-electron chi connectivity index (χ2n) is 8.53. The zero-order valence-electron chi connectivity index (χ0n) is 19.1. The molecule has 6 nitrogen and oxygen atoms in total. The van der Waals surface area contributed by atoms with Crippen molar-refractivity contribution in [3.63, 3.8) is 0 Å². The van der Waals surface area contributed by atoms with E-state index < -0.39 is 0 Å². The van der Waals surface area contributed by atoms with E-state index in [0.717, 1.165) is 70.6 Å². The topological polar surface area (TPSA) is 68.3 Å². The normalized spacial score (nSPS) is 18.1. The van der Waals surface area contributed by atoms with E-state index in [4.69, 9.17) is 42.6 Å². The Morgan fingerprint density at radius 2 is 1.15 bits per heavy atom. The van der Waals surface area contributed by atoms with Gasteiger partial charge >= 0.3 is 0 Å². The highest BCUT2D eigenvalue weighted by Gasteiger charge is 2.26. The zero-order valence-corrected chi connectivity index (χ0v) is 20.6. The summed E-state index contributed by atoms with van der Waals surface area (Å²) in [6.07, 6.45) is 4.33. The lowest BCUT2D eigenvalue weighted by molar-refractivity contribution is 0.415. The molecule has 5 rings (SSSR count). The summed E-state index contributed by atoms with van der Waals surface area (Å²) < 4.78 is 10.7. The number of halogens is 2. The van der Waals surface area contributed by atoms with Crippen LogP contribution in [0.3, 0.4) is 0 Å². The highest BCUT2D eigenvalue weighted by Crippen LogP contribution is 2.32. The van der Waals surface area contributed by atoms with Crippen LogP contribution in [-0.2, 0) is 0 Å². The van der Waals surface area contributed by atoms with E-state index in [1.54, 1.807) is 14.2 Å². The Balaban J connectivity index is 1.41. The first-order valence-electron chi connectivity index (χ1n) is 11.4. The molecule has 0 bridgehead atoms. The number of nitrogens with zero attached hydrogens (tertiary/aromatic N) is 2. The number of ether oxygens (including phenoxy) is 2. The number of anilines is 2. The van der Waals surface area contributed by atoms with E-state index in [2.05, 4.69) is 10.6 Å². The maximum Gasteiger partial charge on any atom is 0.128 e. The van der Waals surface area contributed by atoms with Crippen LogP contribution in [0, 0.1) is 0 Å². The van der Waals surface area contributed by atoms with Crippen molar-refractivity contribution >= 4 is 56.6 Å². The van der Waals surface area contributed by atoms with Gasteiger partial charge in [-0.05, 0) is 49.2 Å². The lowest BCUT2D eigenvalue weighted by Gasteiger charge is -2.33. The van der Waals surface area contributed by atoms with E-state index in [1.807, 2.05) is 48.5 Å². The molecule has 1 fully saturated rings. The van der Waals surface area contributed by atoms with Gasteiger partial charge in [0.2, 0.25) is 0 Å². The number of rotatable bonds is 6. The number of methoxy groups -OCH3 is 2. The highest BCUT2D eigenvalue weighted by atomic mass is 35.5. The predicted molar refractivity (Wildman–Crippen MR) is 140 cm³/mol. The van der Waals surface area contributed by atoms with Crippen LogP contribution in [0.15, 0.2) is 48.5 Å². The van der Waals surface area contributed by atoms with Gasteiger partial charge in [0.25, 0.3) is 0 Å². The molecule has 2 aromatic carbocycles. The number of nitrogens with one attached hydrogen (secondary N) is 2. The Morgan fingerprint density at radius 3 is 1.56 bits per heavy atom. The van der Waals surface area contributed by atoms with Gasteiger partial charge in [0.05, 0.1) is 35.3 Å². The van der Waals surface area contributed by atoms with Crippen molar-refractivity contribution in [2.24, 2.45) is 0 Å². The third kappa shape index (κ3) is 4.65. The van der Waals surface area contributed by atoms with Crippen molar-refractivity contribution in [3.8, 4) is 11.5 Å². The van der Waals surface area contributed by atoms with Gasteiger partial charge in [-0.25, -0.2) is 9.97 Å². The van der Waals surface area contributed by atoms with Gasteiger partial charge in [-0.15, -0.1) is 0 Å². The van der Waals surface area contributed by atoms with Gasteiger partial charge in [0.1, 0.15) is 23.1 Å². The van der Waals surface area contributed by atoms with Crippen molar-refractivity contribution in [3.05, 3.63) is 58.6 Å². The standard InChI is InChI=1S/C26H26Cl2N4O2/c1-33-15-7-9-17-19(27)13-25(31-23(17)11-15)29-21-5-3-4-6-22(21)30-26-14-20(28)18-10-8-16(34-2)12-24(18)32-26/h7-14,21-22H,3-6H2,1-2H3,(H,29,31)(H,30,32)/t21-,22?/m1/s1. The second-order valence-corrected chi connectivity index (χ2v) is 9.35. The maximum atomic E-state index is 6.57. The number of hydrogen-bond donors (Lipinski definition) is 2. The van der Waals surface area contributed by atoms with Gasteiger partial charge in [-0.1, -0.05) is 36.0 Å². The van der Waals surface area contributed by atoms with Gasteiger partial charge in [0.15, 0.2) is 0 Å². The van der Waals surface area contributed by atoms with Crippen LogP contribution in [0.5, 0.6) is 11.5 Å². The number of aromatic nitrogens is 2. The summed E-state index contributed by atoms with van der Waals surface area (Å²) in [4.78, 5) is 9.60. The summed E-state index contributed by atoms with van der Waals surface area (Å²) in [5.41, 5.74) is 1.60. The summed E-state index contributed by atoms with van der Waals surface area (Å²) in [6, 6.07) is 15.6. The lowest BCUT2D eigenvalue weighted by atomic mass is 9.90. The number of benzene rings is 2. The molecular formula is C26H26Cl2N4O2. The fraction of sp³-hybridized carbons (Fsp3) is 0.308. The summed E-state index contributed by atoms with van der Waals surface area (Å²) in [6.45, 7) is 0. The molecule has 0 amide bonds. The summed E-state index contributed by atoms with van der Waals surface area (Å²) >= 11 is 13.1. The smallest absolute Gasteiger partial charge is 0.128 e. The Kier molecular flexibility index (Phi) is 6.53. The molecule has 4 aromatic rings. The van der Waals surface area contributed by atoms with E-state index in [1.165, 1.54) is 0 Å². The van der Waals surface area contributed by atoms with E-state index >= 15 is 0 Å². The first-order chi connectivity index (χ1) is 16.5. The van der Waals surface area contributed by atoms with Crippen LogP contribution in [0.25, 0.3) is 21.8 Å². The first-order valence-corrected chi connectivity index (χ1v) is 12.1. The Morgan fingerprint density at radius 1 is 0.706 bits per heavy atom. The Hall–Kier alpha value is -2.96. The van der Waals surface area contributed by atoms with E-state index in [-0.39, 0.29) is 12.1 Å². The fourth-order valence-electron chi connectivity index (χ4n) is 4.59. The number of hydrogen-bond acceptors (Lipinski definition) is 6. The van der Waals surface area contributed by atoms with Crippen LogP contribution >= 0.6 is 23.2 Å². The van der Waals surface area contributed by atoms with Gasteiger partial charge in [-0.2, -0.15) is 0 Å². The quantitative estimate of drug-likeness (QED) is 0.301. The summed E-state index contributed by atoms with van der Waals surface area (Å²) in [5, 5.41) is 10.3. The number of pyridine rings is 2. The van der Waals surface area contributed by atoms with Crippen LogP contribution in [0.2, 0.25) is 10.0 Å². The Bertz CT molecular complexity index is 1240. The first kappa shape index (κ1) is 22.8. The van der Waals surface area contributed by atoms with E-state index in [0.29, 0.717) is 10.0 Å². The van der Waals surface area contributed by atoms with Gasteiger partial charge in [0, 0.05) is 35.0 Å². The van der Waals surface area contributed by atoms with Gasteiger partial charge in [-0.3, -0.25) is 0 Å². The largest absolute Gasteiger partial charge is 0.497 e. The molecule has 2 N–H and O–H groups in total.